The Labute approximate surface area is 196 Å². The van der Waals surface area contributed by atoms with Crippen molar-refractivity contribution in [1.82, 2.24) is 4.90 Å². The molecule has 0 aromatic heterocycles. The number of para-hydroxylation sites is 1. The van der Waals surface area contributed by atoms with Crippen molar-refractivity contribution in [2.24, 2.45) is 0 Å². The van der Waals surface area contributed by atoms with Gasteiger partial charge in [-0.25, -0.2) is 0 Å². The van der Waals surface area contributed by atoms with Gasteiger partial charge in [0.1, 0.15) is 11.5 Å². The topological polar surface area (TPSA) is 90.0 Å². The molecule has 0 atom stereocenters. The lowest BCUT2D eigenvalue weighted by molar-refractivity contribution is -0.134. The second-order valence-corrected chi connectivity index (χ2v) is 7.50. The molecule has 34 heavy (non-hydrogen) atoms. The van der Waals surface area contributed by atoms with Gasteiger partial charge in [0.05, 0.1) is 30.2 Å². The van der Waals surface area contributed by atoms with Crippen molar-refractivity contribution in [2.75, 3.05) is 13.7 Å². The van der Waals surface area contributed by atoms with Crippen LogP contribution in [0.1, 0.15) is 43.1 Å². The van der Waals surface area contributed by atoms with E-state index in [0.29, 0.717) is 16.9 Å². The first-order valence-electron chi connectivity index (χ1n) is 10.6. The predicted molar refractivity (Wildman–Crippen MR) is 125 cm³/mol. The molecule has 3 aromatic rings. The van der Waals surface area contributed by atoms with Gasteiger partial charge in [-0.15, -0.1) is 0 Å². The molecule has 7 nitrogen and oxygen atoms in total. The van der Waals surface area contributed by atoms with E-state index >= 15 is 0 Å². The van der Waals surface area contributed by atoms with Gasteiger partial charge in [0.2, 0.25) is 0 Å². The number of amides is 2. The highest BCUT2D eigenvalue weighted by Gasteiger charge is 2.35. The molecule has 0 saturated carbocycles. The molecule has 1 aliphatic heterocycles. The van der Waals surface area contributed by atoms with Crippen molar-refractivity contribution in [2.45, 2.75) is 6.42 Å². The molecular formula is C27H21NO6. The number of ether oxygens (including phenoxy) is 2. The molecule has 0 aliphatic carbocycles. The van der Waals surface area contributed by atoms with E-state index in [0.717, 1.165) is 10.5 Å². The Morgan fingerprint density at radius 3 is 2.12 bits per heavy atom. The first kappa shape index (κ1) is 22.7. The van der Waals surface area contributed by atoms with Crippen LogP contribution in [-0.4, -0.2) is 42.1 Å². The summed E-state index contributed by atoms with van der Waals surface area (Å²) in [6, 6.07) is 20.1. The van der Waals surface area contributed by atoms with E-state index in [-0.39, 0.29) is 30.1 Å². The van der Waals surface area contributed by atoms with Crippen molar-refractivity contribution < 1.29 is 28.7 Å². The van der Waals surface area contributed by atoms with Crippen LogP contribution >= 0.6 is 0 Å². The molecule has 0 spiro atoms. The first-order chi connectivity index (χ1) is 16.5. The summed E-state index contributed by atoms with van der Waals surface area (Å²) in [5.41, 5.74) is 1.67. The summed E-state index contributed by atoms with van der Waals surface area (Å²) in [7, 11) is 1.58. The maximum absolute atomic E-state index is 12.7. The maximum Gasteiger partial charge on any atom is 0.313 e. The molecule has 1 heterocycles. The minimum atomic E-state index is -0.657. The Bertz CT molecular complexity index is 1260. The smallest absolute Gasteiger partial charge is 0.313 e. The van der Waals surface area contributed by atoms with Crippen LogP contribution in [0.5, 0.6) is 11.5 Å². The van der Waals surface area contributed by atoms with Crippen LogP contribution in [0.3, 0.4) is 0 Å². The van der Waals surface area contributed by atoms with E-state index in [1.54, 1.807) is 67.8 Å². The van der Waals surface area contributed by atoms with Gasteiger partial charge in [-0.05, 0) is 48.0 Å². The van der Waals surface area contributed by atoms with Gasteiger partial charge in [-0.3, -0.25) is 24.1 Å². The van der Waals surface area contributed by atoms with Gasteiger partial charge in [0.15, 0.2) is 5.78 Å². The number of methoxy groups -OCH3 is 1. The average Bonchev–Trinajstić information content (AvgIpc) is 3.11. The number of benzene rings is 3. The van der Waals surface area contributed by atoms with Crippen molar-refractivity contribution in [3.63, 3.8) is 0 Å². The highest BCUT2D eigenvalue weighted by molar-refractivity contribution is 6.21. The fourth-order valence-electron chi connectivity index (χ4n) is 3.55. The summed E-state index contributed by atoms with van der Waals surface area (Å²) in [5, 5.41) is 0. The number of ketones is 1. The van der Waals surface area contributed by atoms with E-state index in [1.807, 2.05) is 12.1 Å². The number of hydrogen-bond acceptors (Lipinski definition) is 6. The zero-order chi connectivity index (χ0) is 24.1. The van der Waals surface area contributed by atoms with Crippen LogP contribution in [0, 0.1) is 0 Å². The van der Waals surface area contributed by atoms with Crippen LogP contribution in [0.4, 0.5) is 0 Å². The molecule has 7 heteroatoms. The van der Waals surface area contributed by atoms with E-state index in [2.05, 4.69) is 0 Å². The summed E-state index contributed by atoms with van der Waals surface area (Å²) >= 11 is 0. The number of hydrogen-bond donors (Lipinski definition) is 0. The zero-order valence-corrected chi connectivity index (χ0v) is 18.4. The number of carbonyl (C=O) groups is 4. The third-order valence-corrected chi connectivity index (χ3v) is 5.34. The number of allylic oxidation sites excluding steroid dienone is 1. The number of imide groups is 1. The van der Waals surface area contributed by atoms with Crippen molar-refractivity contribution in [1.29, 1.82) is 0 Å². The minimum Gasteiger partial charge on any atom is -0.497 e. The van der Waals surface area contributed by atoms with E-state index < -0.39 is 17.8 Å². The maximum atomic E-state index is 12.7. The molecule has 0 N–H and O–H groups in total. The van der Waals surface area contributed by atoms with Gasteiger partial charge in [-0.2, -0.15) is 0 Å². The fraction of sp³-hybridized carbons (Fsp3) is 0.111. The van der Waals surface area contributed by atoms with Gasteiger partial charge < -0.3 is 9.47 Å². The molecule has 1 aliphatic rings. The molecular weight excluding hydrogens is 434 g/mol. The number of rotatable bonds is 8. The summed E-state index contributed by atoms with van der Waals surface area (Å²) in [6.07, 6.45) is 2.85. The number of esters is 1. The third-order valence-electron chi connectivity index (χ3n) is 5.34. The molecule has 0 bridgehead atoms. The number of fused-ring (bicyclic) bond motifs is 1. The second kappa shape index (κ2) is 9.95. The lowest BCUT2D eigenvalue weighted by atomic mass is 10.1. The van der Waals surface area contributed by atoms with Crippen molar-refractivity contribution in [3.05, 3.63) is 101 Å². The molecule has 4 rings (SSSR count). The van der Waals surface area contributed by atoms with Crippen LogP contribution in [0.25, 0.3) is 6.08 Å². The van der Waals surface area contributed by atoms with Gasteiger partial charge in [-0.1, -0.05) is 42.5 Å². The zero-order valence-electron chi connectivity index (χ0n) is 18.4. The predicted octanol–water partition coefficient (Wildman–Crippen LogP) is 4.18. The number of carbonyl (C=O) groups excluding carboxylic acids is 4. The molecule has 0 radical (unpaired) electrons. The van der Waals surface area contributed by atoms with Crippen LogP contribution in [0.15, 0.2) is 78.9 Å². The van der Waals surface area contributed by atoms with Gasteiger partial charge in [0, 0.05) is 6.54 Å². The minimum absolute atomic E-state index is 0.110. The summed E-state index contributed by atoms with van der Waals surface area (Å²) < 4.78 is 10.5. The number of nitrogens with zero attached hydrogens (tertiary/aromatic N) is 1. The fourth-order valence-corrected chi connectivity index (χ4v) is 3.55. The Hall–Kier alpha value is -4.52. The molecule has 0 unspecified atom stereocenters. The lowest BCUT2D eigenvalue weighted by Crippen LogP contribution is -2.32. The van der Waals surface area contributed by atoms with Gasteiger partial charge >= 0.3 is 5.97 Å². The highest BCUT2D eigenvalue weighted by Crippen LogP contribution is 2.24. The second-order valence-electron chi connectivity index (χ2n) is 7.50. The molecule has 0 saturated heterocycles. The van der Waals surface area contributed by atoms with Crippen molar-refractivity contribution >= 4 is 29.6 Å². The standard InChI is InChI=1S/C27H21NO6/c1-33-19-13-10-18(11-14-19)12-15-23(29)22-8-4-5-9-24(22)34-25(30)16-17-28-26(31)20-6-2-3-7-21(20)27(28)32/h2-15H,16-17H2,1H3/b15-12+. The van der Waals surface area contributed by atoms with Crippen LogP contribution in [0.2, 0.25) is 0 Å². The van der Waals surface area contributed by atoms with Crippen LogP contribution in [-0.2, 0) is 4.79 Å². The normalized spacial score (nSPS) is 12.7. The third kappa shape index (κ3) is 4.78. The summed E-state index contributed by atoms with van der Waals surface area (Å²) in [5.74, 6) is -1.04. The summed E-state index contributed by atoms with van der Waals surface area (Å²) in [6.45, 7) is -0.112. The Morgan fingerprint density at radius 1 is 0.853 bits per heavy atom. The van der Waals surface area contributed by atoms with Gasteiger partial charge in [0.25, 0.3) is 11.8 Å². The molecule has 0 fully saturated rings. The average molecular weight is 455 g/mol. The SMILES string of the molecule is COc1ccc(/C=C/C(=O)c2ccccc2OC(=O)CCN2C(=O)c3ccccc3C2=O)cc1. The molecule has 170 valence electrons. The quantitative estimate of drug-likeness (QED) is 0.166. The van der Waals surface area contributed by atoms with E-state index in [9.17, 15) is 19.2 Å². The Morgan fingerprint density at radius 2 is 1.47 bits per heavy atom. The van der Waals surface area contributed by atoms with Crippen LogP contribution < -0.4 is 9.47 Å². The monoisotopic (exact) mass is 455 g/mol. The van der Waals surface area contributed by atoms with Crippen molar-refractivity contribution in [3.8, 4) is 11.5 Å². The summed E-state index contributed by atoms with van der Waals surface area (Å²) in [4.78, 5) is 51.1. The largest absolute Gasteiger partial charge is 0.497 e. The highest BCUT2D eigenvalue weighted by atomic mass is 16.5. The first-order valence-corrected chi connectivity index (χ1v) is 10.6. The van der Waals surface area contributed by atoms with E-state index in [1.165, 1.54) is 12.1 Å². The van der Waals surface area contributed by atoms with E-state index in [4.69, 9.17) is 9.47 Å². The molecule has 2 amide bonds. The lowest BCUT2D eigenvalue weighted by Gasteiger charge is -2.13. The molecule has 3 aromatic carbocycles. The Balaban J connectivity index is 1.39. The Kier molecular flexibility index (Phi) is 6.64.